The first kappa shape index (κ1) is 42.0. The van der Waals surface area contributed by atoms with Crippen molar-refractivity contribution in [1.29, 1.82) is 0 Å². The number of rotatable bonds is 17. The van der Waals surface area contributed by atoms with Gasteiger partial charge in [0.15, 0.2) is 0 Å². The van der Waals surface area contributed by atoms with Crippen LogP contribution in [0.15, 0.2) is 78.8 Å². The second-order valence-corrected chi connectivity index (χ2v) is 20.3. The lowest BCUT2D eigenvalue weighted by Gasteiger charge is -2.27. The Morgan fingerprint density at radius 1 is 0.458 bits per heavy atom. The van der Waals surface area contributed by atoms with Gasteiger partial charge in [0.25, 0.3) is 0 Å². The molecule has 8 nitrogen and oxygen atoms in total. The van der Waals surface area contributed by atoms with E-state index in [0.717, 1.165) is 11.5 Å². The summed E-state index contributed by atoms with van der Waals surface area (Å²) in [6, 6.07) is 16.4. The lowest BCUT2D eigenvalue weighted by molar-refractivity contribution is -0.296. The first-order chi connectivity index (χ1) is 21.9. The van der Waals surface area contributed by atoms with E-state index >= 15 is 0 Å². The normalized spacial score (nSPS) is 15.9. The molecule has 0 aromatic heterocycles. The predicted molar refractivity (Wildman–Crippen MR) is 202 cm³/mol. The van der Waals surface area contributed by atoms with Crippen LogP contribution >= 0.6 is 23.5 Å². The highest BCUT2D eigenvalue weighted by atomic mass is 32.2. The maximum Gasteiger partial charge on any atom is 0.216 e. The standard InChI is InChI=1S/C38H62N4O4S2/c1-33(2,3)39-41-37(13,45-29-17-21-31(22-18-29)47-35(7,8)9)25-15-27-43-44-28-16-26-38(14,42-40-34(4,5)6)46-30-19-23-32(24-20-30)48-36(10,11)12/h17-24H,15-16,25-28H2,1-14H3. The number of hydrogen-bond donors (Lipinski definition) is 0. The number of hydrogen-bond acceptors (Lipinski definition) is 10. The van der Waals surface area contributed by atoms with E-state index in [0.29, 0.717) is 38.9 Å². The highest BCUT2D eigenvalue weighted by Crippen LogP contribution is 2.35. The molecule has 2 aromatic rings. The summed E-state index contributed by atoms with van der Waals surface area (Å²) in [5.41, 5.74) is -2.29. The smallest absolute Gasteiger partial charge is 0.216 e. The van der Waals surface area contributed by atoms with E-state index in [1.807, 2.05) is 103 Å². The van der Waals surface area contributed by atoms with Gasteiger partial charge in [-0.05, 0) is 117 Å². The molecule has 10 heteroatoms. The van der Waals surface area contributed by atoms with Crippen LogP contribution in [-0.2, 0) is 9.78 Å². The van der Waals surface area contributed by atoms with Crippen LogP contribution in [-0.4, -0.2) is 45.2 Å². The van der Waals surface area contributed by atoms with E-state index in [1.165, 1.54) is 9.79 Å². The summed E-state index contributed by atoms with van der Waals surface area (Å²) in [7, 11) is 0. The van der Waals surface area contributed by atoms with Gasteiger partial charge < -0.3 is 9.47 Å². The topological polar surface area (TPSA) is 86.4 Å². The molecule has 0 saturated carbocycles. The van der Waals surface area contributed by atoms with Crippen LogP contribution in [0.2, 0.25) is 0 Å². The van der Waals surface area contributed by atoms with Gasteiger partial charge in [-0.3, -0.25) is 0 Å². The fraction of sp³-hybridized carbons (Fsp3) is 0.684. The van der Waals surface area contributed by atoms with E-state index in [1.54, 1.807) is 0 Å². The van der Waals surface area contributed by atoms with Crippen molar-refractivity contribution < 1.29 is 19.2 Å². The molecular formula is C38H62N4O4S2. The van der Waals surface area contributed by atoms with Gasteiger partial charge in [0, 0.05) is 32.1 Å². The molecule has 0 fully saturated rings. The Morgan fingerprint density at radius 3 is 1.04 bits per heavy atom. The zero-order valence-corrected chi connectivity index (χ0v) is 33.7. The molecule has 0 spiro atoms. The third-order valence-corrected chi connectivity index (χ3v) is 8.35. The third kappa shape index (κ3) is 19.2. The number of nitrogens with zero attached hydrogens (tertiary/aromatic N) is 4. The van der Waals surface area contributed by atoms with E-state index in [4.69, 9.17) is 19.2 Å². The molecule has 0 N–H and O–H groups in total. The van der Waals surface area contributed by atoms with Crippen molar-refractivity contribution in [3.63, 3.8) is 0 Å². The largest absolute Gasteiger partial charge is 0.465 e. The van der Waals surface area contributed by atoms with E-state index < -0.39 is 11.4 Å². The van der Waals surface area contributed by atoms with Crippen molar-refractivity contribution in [2.75, 3.05) is 13.2 Å². The Labute approximate surface area is 300 Å². The van der Waals surface area contributed by atoms with Crippen molar-refractivity contribution in [2.24, 2.45) is 20.5 Å². The molecule has 2 rings (SSSR count). The van der Waals surface area contributed by atoms with Crippen LogP contribution in [0.25, 0.3) is 0 Å². The molecule has 0 amide bonds. The zero-order valence-electron chi connectivity index (χ0n) is 32.1. The van der Waals surface area contributed by atoms with Gasteiger partial charge >= 0.3 is 0 Å². The lowest BCUT2D eigenvalue weighted by atomic mass is 10.1. The van der Waals surface area contributed by atoms with E-state index in [9.17, 15) is 0 Å². The maximum atomic E-state index is 6.39. The number of azo groups is 2. The number of benzene rings is 2. The highest BCUT2D eigenvalue weighted by Gasteiger charge is 2.29. The maximum absolute atomic E-state index is 6.39. The summed E-state index contributed by atoms with van der Waals surface area (Å²) < 4.78 is 13.1. The molecule has 0 heterocycles. The van der Waals surface area contributed by atoms with Crippen LogP contribution in [0.1, 0.15) is 123 Å². The van der Waals surface area contributed by atoms with Crippen LogP contribution in [0.4, 0.5) is 0 Å². The third-order valence-electron chi connectivity index (χ3n) is 6.11. The molecule has 2 unspecified atom stereocenters. The van der Waals surface area contributed by atoms with Crippen molar-refractivity contribution in [3.8, 4) is 11.5 Å². The Morgan fingerprint density at radius 2 is 0.771 bits per heavy atom. The summed E-state index contributed by atoms with van der Waals surface area (Å²) in [6.45, 7) is 30.1. The predicted octanol–water partition coefficient (Wildman–Crippen LogP) is 12.4. The fourth-order valence-electron chi connectivity index (χ4n) is 4.16. The van der Waals surface area contributed by atoms with E-state index in [-0.39, 0.29) is 20.6 Å². The quantitative estimate of drug-likeness (QED) is 0.0536. The van der Waals surface area contributed by atoms with Gasteiger partial charge in [-0.2, -0.15) is 10.2 Å². The Hall–Kier alpha value is -2.14. The molecule has 0 radical (unpaired) electrons. The van der Waals surface area contributed by atoms with Gasteiger partial charge in [-0.1, -0.05) is 41.5 Å². The molecule has 0 aliphatic carbocycles. The van der Waals surface area contributed by atoms with Crippen LogP contribution in [0.5, 0.6) is 11.5 Å². The van der Waals surface area contributed by atoms with Gasteiger partial charge in [0.1, 0.15) is 11.5 Å². The molecule has 0 saturated heterocycles. The fourth-order valence-corrected chi connectivity index (χ4v) is 6.12. The Kier molecular flexibility index (Phi) is 15.5. The molecule has 2 aromatic carbocycles. The summed E-state index contributed by atoms with van der Waals surface area (Å²) in [6.07, 6.45) is 2.59. The van der Waals surface area contributed by atoms with Gasteiger partial charge in [-0.15, -0.1) is 33.8 Å². The molecule has 0 bridgehead atoms. The number of thioether (sulfide) groups is 2. The minimum Gasteiger partial charge on any atom is -0.465 e. The highest BCUT2D eigenvalue weighted by molar-refractivity contribution is 8.00. The van der Waals surface area contributed by atoms with E-state index in [2.05, 4.69) is 86.3 Å². The zero-order chi connectivity index (χ0) is 36.3. The SMILES string of the molecule is CC(C)(C)N=NC(C)(CCCOOCCCC(C)(N=NC(C)(C)C)Oc1ccc(SC(C)(C)C)cc1)Oc1ccc(SC(C)(C)C)cc1. The first-order valence-electron chi connectivity index (χ1n) is 17.0. The minimum atomic E-state index is -0.837. The van der Waals surface area contributed by atoms with Crippen molar-refractivity contribution in [2.45, 2.75) is 164 Å². The van der Waals surface area contributed by atoms with Crippen LogP contribution < -0.4 is 9.47 Å². The summed E-state index contributed by atoms with van der Waals surface area (Å²) in [5.74, 6) is 1.52. The molecule has 48 heavy (non-hydrogen) atoms. The molecule has 270 valence electrons. The molecule has 0 aliphatic rings. The van der Waals surface area contributed by atoms with Crippen LogP contribution in [0.3, 0.4) is 0 Å². The van der Waals surface area contributed by atoms with Crippen molar-refractivity contribution >= 4 is 23.5 Å². The number of ether oxygens (including phenoxy) is 2. The summed E-state index contributed by atoms with van der Waals surface area (Å²) in [5, 5.41) is 18.3. The minimum absolute atomic E-state index is 0.142. The van der Waals surface area contributed by atoms with Gasteiger partial charge in [-0.25, -0.2) is 9.78 Å². The monoisotopic (exact) mass is 702 g/mol. The van der Waals surface area contributed by atoms with Crippen molar-refractivity contribution in [3.05, 3.63) is 48.5 Å². The first-order valence-corrected chi connectivity index (χ1v) is 18.7. The van der Waals surface area contributed by atoms with Crippen LogP contribution in [0, 0.1) is 0 Å². The average molecular weight is 703 g/mol. The van der Waals surface area contributed by atoms with Crippen molar-refractivity contribution in [1.82, 2.24) is 0 Å². The average Bonchev–Trinajstić information content (AvgIpc) is 2.92. The van der Waals surface area contributed by atoms with Gasteiger partial charge in [0.2, 0.25) is 11.4 Å². The Balaban J connectivity index is 1.91. The summed E-state index contributed by atoms with van der Waals surface area (Å²) in [4.78, 5) is 13.5. The Bertz CT molecular complexity index is 1190. The second-order valence-electron chi connectivity index (χ2n) is 16.5. The summed E-state index contributed by atoms with van der Waals surface area (Å²) >= 11 is 3.65. The lowest BCUT2D eigenvalue weighted by Crippen LogP contribution is -2.31. The van der Waals surface area contributed by atoms with Gasteiger partial charge in [0.05, 0.1) is 24.3 Å². The second kappa shape index (κ2) is 17.7. The molecule has 0 aliphatic heterocycles. The molecule has 2 atom stereocenters. The molecular weight excluding hydrogens is 641 g/mol.